The highest BCUT2D eigenvalue weighted by molar-refractivity contribution is 7.99. The molecule has 0 bridgehead atoms. The topological polar surface area (TPSA) is 72.7 Å². The van der Waals surface area contributed by atoms with Crippen molar-refractivity contribution in [2.45, 2.75) is 11.3 Å². The molecule has 27 heavy (non-hydrogen) atoms. The summed E-state index contributed by atoms with van der Waals surface area (Å²) in [6.45, 7) is 0. The Labute approximate surface area is 154 Å². The van der Waals surface area contributed by atoms with Gasteiger partial charge in [0.25, 0.3) is 0 Å². The fourth-order valence-electron chi connectivity index (χ4n) is 2.19. The number of carbonyl (C=O) groups is 1. The molecule has 1 heterocycles. The summed E-state index contributed by atoms with van der Waals surface area (Å²) in [4.78, 5) is 12.1. The number of benzene rings is 2. The van der Waals surface area contributed by atoms with Gasteiger partial charge in [-0.05, 0) is 40.8 Å². The Morgan fingerprint density at radius 2 is 1.93 bits per heavy atom. The van der Waals surface area contributed by atoms with Gasteiger partial charge in [0.2, 0.25) is 11.1 Å². The van der Waals surface area contributed by atoms with E-state index in [2.05, 4.69) is 20.8 Å². The number of nitrogens with one attached hydrogen (secondary N) is 1. The lowest BCUT2D eigenvalue weighted by atomic mass is 10.1. The average molecular weight is 397 g/mol. The first kappa shape index (κ1) is 18.8. The molecule has 0 saturated heterocycles. The molecule has 0 unspecified atom stereocenters. The second kappa shape index (κ2) is 7.74. The van der Waals surface area contributed by atoms with Crippen LogP contribution in [0.5, 0.6) is 0 Å². The SMILES string of the molecule is O=C(CSc1nnnn1-c1cccc(F)c1)Nc1ccccc1C(F)(F)F. The van der Waals surface area contributed by atoms with E-state index in [0.717, 1.165) is 17.8 Å². The van der Waals surface area contributed by atoms with Crippen molar-refractivity contribution in [3.8, 4) is 5.69 Å². The Bertz CT molecular complexity index is 960. The van der Waals surface area contributed by atoms with Gasteiger partial charge < -0.3 is 5.32 Å². The minimum atomic E-state index is -4.58. The van der Waals surface area contributed by atoms with Crippen molar-refractivity contribution in [3.63, 3.8) is 0 Å². The van der Waals surface area contributed by atoms with Crippen molar-refractivity contribution in [1.29, 1.82) is 0 Å². The van der Waals surface area contributed by atoms with Gasteiger partial charge in [-0.1, -0.05) is 30.0 Å². The number of aromatic nitrogens is 4. The monoisotopic (exact) mass is 397 g/mol. The van der Waals surface area contributed by atoms with Gasteiger partial charge in [-0.3, -0.25) is 4.79 Å². The summed E-state index contributed by atoms with van der Waals surface area (Å²) in [6, 6.07) is 10.2. The first-order valence-corrected chi connectivity index (χ1v) is 8.46. The highest BCUT2D eigenvalue weighted by Gasteiger charge is 2.33. The van der Waals surface area contributed by atoms with Gasteiger partial charge in [-0.15, -0.1) is 5.10 Å². The van der Waals surface area contributed by atoms with E-state index >= 15 is 0 Å². The van der Waals surface area contributed by atoms with E-state index in [4.69, 9.17) is 0 Å². The van der Waals surface area contributed by atoms with Crippen LogP contribution in [0.2, 0.25) is 0 Å². The first-order valence-electron chi connectivity index (χ1n) is 7.48. The minimum absolute atomic E-state index is 0.194. The van der Waals surface area contributed by atoms with E-state index in [1.54, 1.807) is 6.07 Å². The quantitative estimate of drug-likeness (QED) is 0.527. The van der Waals surface area contributed by atoms with Crippen molar-refractivity contribution in [1.82, 2.24) is 20.2 Å². The molecule has 0 atom stereocenters. The van der Waals surface area contributed by atoms with Crippen LogP contribution in [0.15, 0.2) is 53.7 Å². The third-order valence-electron chi connectivity index (χ3n) is 3.33. The summed E-state index contributed by atoms with van der Waals surface area (Å²) in [7, 11) is 0. The maximum absolute atomic E-state index is 13.3. The molecule has 1 N–H and O–H groups in total. The number of carbonyl (C=O) groups excluding carboxylic acids is 1. The molecule has 0 aliphatic heterocycles. The molecule has 0 aliphatic carbocycles. The lowest BCUT2D eigenvalue weighted by Gasteiger charge is -2.13. The Morgan fingerprint density at radius 1 is 1.15 bits per heavy atom. The zero-order valence-electron chi connectivity index (χ0n) is 13.4. The van der Waals surface area contributed by atoms with E-state index in [0.29, 0.717) is 5.69 Å². The molecule has 0 saturated carbocycles. The fourth-order valence-corrected chi connectivity index (χ4v) is 2.89. The van der Waals surface area contributed by atoms with Crippen LogP contribution in [-0.2, 0) is 11.0 Å². The number of anilines is 1. The maximum atomic E-state index is 13.3. The van der Waals surface area contributed by atoms with E-state index in [-0.39, 0.29) is 16.6 Å². The third kappa shape index (κ3) is 4.61. The summed E-state index contributed by atoms with van der Waals surface area (Å²) in [5.41, 5.74) is -0.918. The van der Waals surface area contributed by atoms with Crippen molar-refractivity contribution >= 4 is 23.4 Å². The van der Waals surface area contributed by atoms with Crippen LogP contribution in [0, 0.1) is 5.82 Å². The summed E-state index contributed by atoms with van der Waals surface area (Å²) < 4.78 is 53.5. The van der Waals surface area contributed by atoms with Crippen molar-refractivity contribution in [2.75, 3.05) is 11.1 Å². The summed E-state index contributed by atoms with van der Waals surface area (Å²) >= 11 is 0.906. The van der Waals surface area contributed by atoms with Gasteiger partial charge in [0.05, 0.1) is 22.7 Å². The Kier molecular flexibility index (Phi) is 5.40. The molecular weight excluding hydrogens is 386 g/mol. The van der Waals surface area contributed by atoms with Gasteiger partial charge in [-0.25, -0.2) is 4.39 Å². The molecule has 11 heteroatoms. The second-order valence-corrected chi connectivity index (χ2v) is 6.18. The smallest absolute Gasteiger partial charge is 0.325 e. The number of hydrogen-bond donors (Lipinski definition) is 1. The van der Waals surface area contributed by atoms with Gasteiger partial charge in [-0.2, -0.15) is 17.9 Å². The largest absolute Gasteiger partial charge is 0.418 e. The number of halogens is 4. The zero-order chi connectivity index (χ0) is 19.4. The van der Waals surface area contributed by atoms with Crippen LogP contribution in [0.25, 0.3) is 5.69 Å². The molecule has 0 fully saturated rings. The van der Waals surface area contributed by atoms with Gasteiger partial charge in [0.15, 0.2) is 0 Å². The van der Waals surface area contributed by atoms with E-state index in [1.165, 1.54) is 41.1 Å². The number of hydrogen-bond acceptors (Lipinski definition) is 5. The van der Waals surface area contributed by atoms with Crippen molar-refractivity contribution in [2.24, 2.45) is 0 Å². The van der Waals surface area contributed by atoms with Gasteiger partial charge in [0, 0.05) is 0 Å². The normalized spacial score (nSPS) is 11.4. The number of tetrazole rings is 1. The van der Waals surface area contributed by atoms with E-state index < -0.39 is 23.5 Å². The van der Waals surface area contributed by atoms with Crippen LogP contribution in [0.1, 0.15) is 5.56 Å². The molecule has 2 aromatic carbocycles. The molecule has 0 spiro atoms. The Balaban J connectivity index is 1.69. The summed E-state index contributed by atoms with van der Waals surface area (Å²) in [6.07, 6.45) is -4.58. The lowest BCUT2D eigenvalue weighted by Crippen LogP contribution is -2.18. The number of nitrogens with zero attached hydrogens (tertiary/aromatic N) is 4. The number of thioether (sulfide) groups is 1. The van der Waals surface area contributed by atoms with Gasteiger partial charge in [0.1, 0.15) is 5.82 Å². The van der Waals surface area contributed by atoms with Crippen LogP contribution in [0.3, 0.4) is 0 Å². The van der Waals surface area contributed by atoms with Gasteiger partial charge >= 0.3 is 6.18 Å². The molecule has 6 nitrogen and oxygen atoms in total. The third-order valence-corrected chi connectivity index (χ3v) is 4.25. The van der Waals surface area contributed by atoms with Crippen molar-refractivity contribution < 1.29 is 22.4 Å². The zero-order valence-corrected chi connectivity index (χ0v) is 14.3. The van der Waals surface area contributed by atoms with Crippen LogP contribution in [0.4, 0.5) is 23.2 Å². The highest BCUT2D eigenvalue weighted by atomic mass is 32.2. The van der Waals surface area contributed by atoms with E-state index in [1.807, 2.05) is 0 Å². The molecule has 0 radical (unpaired) electrons. The average Bonchev–Trinajstić information content (AvgIpc) is 3.08. The Hall–Kier alpha value is -2.95. The number of para-hydroxylation sites is 1. The molecule has 1 aromatic heterocycles. The number of amides is 1. The standard InChI is InChI=1S/C16H11F4N5OS/c17-10-4-3-5-11(8-10)25-15(22-23-24-25)27-9-14(26)21-13-7-2-1-6-12(13)16(18,19)20/h1-8H,9H2,(H,21,26). The summed E-state index contributed by atoms with van der Waals surface area (Å²) in [5, 5.41) is 13.4. The lowest BCUT2D eigenvalue weighted by molar-refractivity contribution is -0.137. The first-order chi connectivity index (χ1) is 12.8. The Morgan fingerprint density at radius 3 is 2.67 bits per heavy atom. The summed E-state index contributed by atoms with van der Waals surface area (Å²) in [5.74, 6) is -1.38. The molecule has 3 rings (SSSR count). The highest BCUT2D eigenvalue weighted by Crippen LogP contribution is 2.34. The molecule has 140 valence electrons. The van der Waals surface area contributed by atoms with Crippen LogP contribution < -0.4 is 5.32 Å². The number of rotatable bonds is 5. The minimum Gasteiger partial charge on any atom is -0.325 e. The molecule has 1 amide bonds. The predicted octanol–water partition coefficient (Wildman–Crippen LogP) is 3.55. The molecule has 0 aliphatic rings. The van der Waals surface area contributed by atoms with E-state index in [9.17, 15) is 22.4 Å². The maximum Gasteiger partial charge on any atom is 0.418 e. The van der Waals surface area contributed by atoms with Crippen LogP contribution in [-0.4, -0.2) is 31.9 Å². The second-order valence-electron chi connectivity index (χ2n) is 5.23. The van der Waals surface area contributed by atoms with Crippen LogP contribution >= 0.6 is 11.8 Å². The predicted molar refractivity (Wildman–Crippen MR) is 89.9 cm³/mol. The number of alkyl halides is 3. The molecule has 3 aromatic rings. The molecular formula is C16H11F4N5OS. The van der Waals surface area contributed by atoms with Crippen molar-refractivity contribution in [3.05, 3.63) is 59.9 Å². The fraction of sp³-hybridized carbons (Fsp3) is 0.125.